The van der Waals surface area contributed by atoms with Crippen molar-refractivity contribution in [3.05, 3.63) is 47.6 Å². The Labute approximate surface area is 107 Å². The first-order valence-corrected chi connectivity index (χ1v) is 6.23. The summed E-state index contributed by atoms with van der Waals surface area (Å²) >= 11 is 0. The predicted molar refractivity (Wildman–Crippen MR) is 70.2 cm³/mol. The van der Waals surface area contributed by atoms with E-state index in [0.717, 1.165) is 11.4 Å². The van der Waals surface area contributed by atoms with E-state index in [1.165, 1.54) is 0 Å². The van der Waals surface area contributed by atoms with Crippen molar-refractivity contribution in [1.82, 2.24) is 10.1 Å². The summed E-state index contributed by atoms with van der Waals surface area (Å²) in [6, 6.07) is 9.84. The van der Waals surface area contributed by atoms with Gasteiger partial charge in [-0.05, 0) is 5.56 Å². The molecule has 4 nitrogen and oxygen atoms in total. The molecule has 0 saturated carbocycles. The lowest BCUT2D eigenvalue weighted by Gasteiger charge is -2.16. The number of rotatable bonds is 4. The molecule has 0 bridgehead atoms. The van der Waals surface area contributed by atoms with Crippen molar-refractivity contribution < 1.29 is 4.52 Å². The number of nitrogens with two attached hydrogens (primary N) is 1. The molecule has 18 heavy (non-hydrogen) atoms. The van der Waals surface area contributed by atoms with Gasteiger partial charge in [-0.2, -0.15) is 4.98 Å². The molecule has 96 valence electrons. The highest BCUT2D eigenvalue weighted by Crippen LogP contribution is 2.27. The van der Waals surface area contributed by atoms with E-state index >= 15 is 0 Å². The zero-order valence-electron chi connectivity index (χ0n) is 11.0. The van der Waals surface area contributed by atoms with Crippen LogP contribution in [0.4, 0.5) is 0 Å². The Morgan fingerprint density at radius 2 is 1.78 bits per heavy atom. The van der Waals surface area contributed by atoms with Gasteiger partial charge in [0, 0.05) is 12.0 Å². The van der Waals surface area contributed by atoms with Crippen molar-refractivity contribution >= 4 is 0 Å². The minimum atomic E-state index is -0.133. The summed E-state index contributed by atoms with van der Waals surface area (Å²) in [4.78, 5) is 4.40. The van der Waals surface area contributed by atoms with Crippen LogP contribution in [0, 0.1) is 0 Å². The van der Waals surface area contributed by atoms with Gasteiger partial charge in [0.25, 0.3) is 0 Å². The highest BCUT2D eigenvalue weighted by atomic mass is 16.5. The third-order valence-electron chi connectivity index (χ3n) is 3.09. The molecule has 1 aromatic heterocycles. The first-order valence-electron chi connectivity index (χ1n) is 6.23. The molecule has 2 atom stereocenters. The molecule has 0 aliphatic rings. The third kappa shape index (κ3) is 2.59. The van der Waals surface area contributed by atoms with Crippen LogP contribution in [0.5, 0.6) is 0 Å². The van der Waals surface area contributed by atoms with Crippen LogP contribution < -0.4 is 5.73 Å². The molecule has 0 aliphatic heterocycles. The molecule has 4 heteroatoms. The first kappa shape index (κ1) is 12.8. The van der Waals surface area contributed by atoms with Gasteiger partial charge < -0.3 is 10.3 Å². The van der Waals surface area contributed by atoms with Gasteiger partial charge >= 0.3 is 0 Å². The monoisotopic (exact) mass is 245 g/mol. The van der Waals surface area contributed by atoms with Gasteiger partial charge in [-0.15, -0.1) is 0 Å². The van der Waals surface area contributed by atoms with E-state index in [2.05, 4.69) is 10.1 Å². The van der Waals surface area contributed by atoms with Crippen molar-refractivity contribution in [3.8, 4) is 0 Å². The van der Waals surface area contributed by atoms with E-state index in [0.29, 0.717) is 5.89 Å². The molecule has 2 aromatic rings. The number of hydrogen-bond donors (Lipinski definition) is 1. The van der Waals surface area contributed by atoms with Gasteiger partial charge in [0.15, 0.2) is 5.82 Å². The second-order valence-corrected chi connectivity index (χ2v) is 4.87. The molecule has 2 N–H and O–H groups in total. The fourth-order valence-corrected chi connectivity index (χ4v) is 1.78. The molecule has 2 unspecified atom stereocenters. The van der Waals surface area contributed by atoms with Crippen LogP contribution in [-0.4, -0.2) is 10.1 Å². The molecular formula is C14H19N3O. The molecule has 1 heterocycles. The number of nitrogens with zero attached hydrogens (tertiary/aromatic N) is 2. The summed E-state index contributed by atoms with van der Waals surface area (Å²) in [5.74, 6) is 1.61. The topological polar surface area (TPSA) is 64.9 Å². The van der Waals surface area contributed by atoms with E-state index in [9.17, 15) is 0 Å². The maximum absolute atomic E-state index is 6.23. The Hall–Kier alpha value is -1.68. The average Bonchev–Trinajstić information content (AvgIpc) is 2.88. The number of hydrogen-bond acceptors (Lipinski definition) is 4. The third-order valence-corrected chi connectivity index (χ3v) is 3.09. The fraction of sp³-hybridized carbons (Fsp3) is 0.429. The summed E-state index contributed by atoms with van der Waals surface area (Å²) < 4.78 is 5.29. The fourth-order valence-electron chi connectivity index (χ4n) is 1.78. The van der Waals surface area contributed by atoms with Crippen LogP contribution in [0.15, 0.2) is 34.9 Å². The van der Waals surface area contributed by atoms with Crippen LogP contribution in [-0.2, 0) is 0 Å². The van der Waals surface area contributed by atoms with Gasteiger partial charge in [-0.25, -0.2) is 0 Å². The molecule has 1 aromatic carbocycles. The van der Waals surface area contributed by atoms with Crippen molar-refractivity contribution in [3.63, 3.8) is 0 Å². The second-order valence-electron chi connectivity index (χ2n) is 4.87. The van der Waals surface area contributed by atoms with Crippen LogP contribution in [0.2, 0.25) is 0 Å². The quantitative estimate of drug-likeness (QED) is 0.899. The van der Waals surface area contributed by atoms with Gasteiger partial charge in [-0.1, -0.05) is 56.3 Å². The zero-order valence-corrected chi connectivity index (χ0v) is 11.0. The lowest BCUT2D eigenvalue weighted by atomic mass is 9.95. The van der Waals surface area contributed by atoms with E-state index < -0.39 is 0 Å². The normalized spacial score (nSPS) is 14.7. The summed E-state index contributed by atoms with van der Waals surface area (Å²) in [5.41, 5.74) is 7.31. The van der Waals surface area contributed by atoms with Gasteiger partial charge in [0.05, 0.1) is 5.92 Å². The second kappa shape index (κ2) is 5.31. The zero-order chi connectivity index (χ0) is 13.1. The molecule has 2 rings (SSSR count). The standard InChI is InChI=1S/C14H19N3O/c1-9(2)13-16-14(18-17-13)10(3)12(15)11-7-5-4-6-8-11/h4-10,12H,15H2,1-3H3. The highest BCUT2D eigenvalue weighted by Gasteiger charge is 2.22. The molecule has 0 saturated heterocycles. The smallest absolute Gasteiger partial charge is 0.231 e. The van der Waals surface area contributed by atoms with E-state index in [-0.39, 0.29) is 17.9 Å². The molecule has 0 fully saturated rings. The summed E-state index contributed by atoms with van der Waals surface area (Å²) in [5, 5.41) is 3.97. The Bertz CT molecular complexity index is 493. The molecule has 0 aliphatic carbocycles. The summed E-state index contributed by atoms with van der Waals surface area (Å²) in [6.07, 6.45) is 0. The van der Waals surface area contributed by atoms with Crippen LogP contribution >= 0.6 is 0 Å². The van der Waals surface area contributed by atoms with Gasteiger partial charge in [0.2, 0.25) is 5.89 Å². The Morgan fingerprint density at radius 3 is 2.33 bits per heavy atom. The summed E-state index contributed by atoms with van der Waals surface area (Å²) in [6.45, 7) is 6.09. The highest BCUT2D eigenvalue weighted by molar-refractivity contribution is 5.21. The number of aromatic nitrogens is 2. The molecule has 0 spiro atoms. The molecule has 0 radical (unpaired) electrons. The lowest BCUT2D eigenvalue weighted by molar-refractivity contribution is 0.339. The summed E-state index contributed by atoms with van der Waals surface area (Å²) in [7, 11) is 0. The lowest BCUT2D eigenvalue weighted by Crippen LogP contribution is -2.17. The van der Waals surface area contributed by atoms with Gasteiger partial charge in [-0.3, -0.25) is 0 Å². The van der Waals surface area contributed by atoms with Crippen LogP contribution in [0.1, 0.15) is 55.9 Å². The Kier molecular flexibility index (Phi) is 3.77. The van der Waals surface area contributed by atoms with E-state index in [1.807, 2.05) is 51.1 Å². The number of benzene rings is 1. The Balaban J connectivity index is 2.17. The average molecular weight is 245 g/mol. The molecule has 0 amide bonds. The largest absolute Gasteiger partial charge is 0.339 e. The van der Waals surface area contributed by atoms with Crippen molar-refractivity contribution in [1.29, 1.82) is 0 Å². The SMILES string of the molecule is CC(C)c1noc(C(C)C(N)c2ccccc2)n1. The Morgan fingerprint density at radius 1 is 1.11 bits per heavy atom. The molecular weight excluding hydrogens is 226 g/mol. The minimum Gasteiger partial charge on any atom is -0.339 e. The maximum Gasteiger partial charge on any atom is 0.231 e. The van der Waals surface area contributed by atoms with Crippen molar-refractivity contribution in [2.45, 2.75) is 38.6 Å². The maximum atomic E-state index is 6.23. The van der Waals surface area contributed by atoms with Crippen LogP contribution in [0.3, 0.4) is 0 Å². The van der Waals surface area contributed by atoms with Crippen molar-refractivity contribution in [2.24, 2.45) is 5.73 Å². The first-order chi connectivity index (χ1) is 8.59. The van der Waals surface area contributed by atoms with E-state index in [1.54, 1.807) is 0 Å². The van der Waals surface area contributed by atoms with Gasteiger partial charge in [0.1, 0.15) is 0 Å². The predicted octanol–water partition coefficient (Wildman–Crippen LogP) is 3.00. The van der Waals surface area contributed by atoms with Crippen molar-refractivity contribution in [2.75, 3.05) is 0 Å². The van der Waals surface area contributed by atoms with E-state index in [4.69, 9.17) is 10.3 Å². The van der Waals surface area contributed by atoms with Crippen LogP contribution in [0.25, 0.3) is 0 Å². The minimum absolute atomic E-state index is 0.00685.